The molecule has 0 aliphatic carbocycles. The summed E-state index contributed by atoms with van der Waals surface area (Å²) >= 11 is 3.25. The first kappa shape index (κ1) is 14.8. The van der Waals surface area contributed by atoms with Gasteiger partial charge in [-0.25, -0.2) is 4.79 Å². The van der Waals surface area contributed by atoms with Crippen LogP contribution >= 0.6 is 15.9 Å². The lowest BCUT2D eigenvalue weighted by Gasteiger charge is -2.30. The van der Waals surface area contributed by atoms with Gasteiger partial charge in [-0.05, 0) is 37.0 Å². The lowest BCUT2D eigenvalue weighted by Crippen LogP contribution is -2.38. The number of carbonyl (C=O) groups excluding carboxylic acids is 1. The SMILES string of the molecule is C=CC1CCN(C(=O)c2cc(Br)cc(C(=O)O)c2)CC1. The molecule has 0 unspecified atom stereocenters. The van der Waals surface area contributed by atoms with Crippen molar-refractivity contribution in [2.75, 3.05) is 13.1 Å². The van der Waals surface area contributed by atoms with Gasteiger partial charge in [-0.15, -0.1) is 6.58 Å². The average molecular weight is 338 g/mol. The monoisotopic (exact) mass is 337 g/mol. The Morgan fingerprint density at radius 2 is 1.85 bits per heavy atom. The molecule has 0 saturated carbocycles. The first-order valence-electron chi connectivity index (χ1n) is 6.47. The fraction of sp³-hybridized carbons (Fsp3) is 0.333. The number of allylic oxidation sites excluding steroid dienone is 1. The van der Waals surface area contributed by atoms with Crippen LogP contribution in [-0.4, -0.2) is 35.0 Å². The van der Waals surface area contributed by atoms with Crippen molar-refractivity contribution in [3.63, 3.8) is 0 Å². The lowest BCUT2D eigenvalue weighted by molar-refractivity contribution is 0.0696. The summed E-state index contributed by atoms with van der Waals surface area (Å²) in [5.41, 5.74) is 0.525. The Kier molecular flexibility index (Phi) is 4.60. The molecule has 2 rings (SSSR count). The second-order valence-electron chi connectivity index (χ2n) is 4.90. The number of amides is 1. The molecule has 106 valence electrons. The van der Waals surface area contributed by atoms with Gasteiger partial charge in [0.05, 0.1) is 5.56 Å². The maximum Gasteiger partial charge on any atom is 0.335 e. The van der Waals surface area contributed by atoms with Gasteiger partial charge in [-0.2, -0.15) is 0 Å². The fourth-order valence-corrected chi connectivity index (χ4v) is 2.85. The van der Waals surface area contributed by atoms with E-state index in [2.05, 4.69) is 22.5 Å². The predicted molar refractivity (Wildman–Crippen MR) is 79.9 cm³/mol. The number of halogens is 1. The first-order chi connectivity index (χ1) is 9.51. The number of nitrogens with zero attached hydrogens (tertiary/aromatic N) is 1. The number of carboxylic acids is 1. The average Bonchev–Trinajstić information content (AvgIpc) is 2.46. The van der Waals surface area contributed by atoms with E-state index in [9.17, 15) is 9.59 Å². The van der Waals surface area contributed by atoms with E-state index in [1.807, 2.05) is 6.08 Å². The van der Waals surface area contributed by atoms with Gasteiger partial charge in [0.25, 0.3) is 5.91 Å². The van der Waals surface area contributed by atoms with Crippen molar-refractivity contribution in [3.05, 3.63) is 46.5 Å². The number of piperidine rings is 1. The van der Waals surface area contributed by atoms with Crippen LogP contribution in [0.3, 0.4) is 0 Å². The van der Waals surface area contributed by atoms with E-state index in [1.54, 1.807) is 11.0 Å². The summed E-state index contributed by atoms with van der Waals surface area (Å²) in [4.78, 5) is 25.2. The quantitative estimate of drug-likeness (QED) is 0.861. The summed E-state index contributed by atoms with van der Waals surface area (Å²) in [5, 5.41) is 9.04. The number of benzene rings is 1. The van der Waals surface area contributed by atoms with E-state index >= 15 is 0 Å². The molecule has 1 N–H and O–H groups in total. The van der Waals surface area contributed by atoms with Crippen LogP contribution < -0.4 is 0 Å². The molecule has 0 radical (unpaired) electrons. The van der Waals surface area contributed by atoms with Crippen molar-refractivity contribution in [1.82, 2.24) is 4.90 Å². The summed E-state index contributed by atoms with van der Waals surface area (Å²) in [6, 6.07) is 4.58. The highest BCUT2D eigenvalue weighted by Gasteiger charge is 2.23. The Balaban J connectivity index is 2.17. The van der Waals surface area contributed by atoms with E-state index < -0.39 is 5.97 Å². The molecule has 20 heavy (non-hydrogen) atoms. The number of rotatable bonds is 3. The summed E-state index contributed by atoms with van der Waals surface area (Å²) in [6.45, 7) is 5.15. The van der Waals surface area contributed by atoms with Gasteiger partial charge in [0.15, 0.2) is 0 Å². The molecule has 1 aliphatic heterocycles. The molecule has 1 saturated heterocycles. The van der Waals surface area contributed by atoms with Crippen LogP contribution in [0.15, 0.2) is 35.3 Å². The maximum absolute atomic E-state index is 12.4. The molecule has 1 fully saturated rings. The third kappa shape index (κ3) is 3.28. The van der Waals surface area contributed by atoms with Gasteiger partial charge in [-0.1, -0.05) is 22.0 Å². The minimum absolute atomic E-state index is 0.115. The minimum Gasteiger partial charge on any atom is -0.478 e. The topological polar surface area (TPSA) is 57.6 Å². The summed E-state index contributed by atoms with van der Waals surface area (Å²) in [7, 11) is 0. The van der Waals surface area contributed by atoms with Crippen molar-refractivity contribution < 1.29 is 14.7 Å². The number of hydrogen-bond donors (Lipinski definition) is 1. The smallest absolute Gasteiger partial charge is 0.335 e. The standard InChI is InChI=1S/C15H16BrNO3/c1-2-10-3-5-17(6-4-10)14(18)11-7-12(15(19)20)9-13(16)8-11/h2,7-10H,1,3-6H2,(H,19,20). The number of carboxylic acid groups (broad SMARTS) is 1. The third-order valence-corrected chi connectivity index (χ3v) is 4.01. The highest BCUT2D eigenvalue weighted by molar-refractivity contribution is 9.10. The first-order valence-corrected chi connectivity index (χ1v) is 7.26. The fourth-order valence-electron chi connectivity index (χ4n) is 2.36. The van der Waals surface area contributed by atoms with Crippen molar-refractivity contribution in [1.29, 1.82) is 0 Å². The van der Waals surface area contributed by atoms with Crippen LogP contribution in [0, 0.1) is 5.92 Å². The van der Waals surface area contributed by atoms with E-state index in [0.717, 1.165) is 12.8 Å². The molecule has 5 heteroatoms. The van der Waals surface area contributed by atoms with E-state index in [-0.39, 0.29) is 11.5 Å². The summed E-state index contributed by atoms with van der Waals surface area (Å²) < 4.78 is 0.599. The Labute approximate surface area is 126 Å². The molecule has 1 amide bonds. The van der Waals surface area contributed by atoms with Gasteiger partial charge >= 0.3 is 5.97 Å². The van der Waals surface area contributed by atoms with Crippen molar-refractivity contribution >= 4 is 27.8 Å². The van der Waals surface area contributed by atoms with Crippen molar-refractivity contribution in [2.24, 2.45) is 5.92 Å². The summed E-state index contributed by atoms with van der Waals surface area (Å²) in [6.07, 6.45) is 3.76. The molecule has 4 nitrogen and oxygen atoms in total. The van der Waals surface area contributed by atoms with Crippen LogP contribution in [0.1, 0.15) is 33.6 Å². The molecule has 1 heterocycles. The summed E-state index contributed by atoms with van der Waals surface area (Å²) in [5.74, 6) is -0.682. The molecule has 0 atom stereocenters. The molecule has 1 aromatic rings. The van der Waals surface area contributed by atoms with Crippen LogP contribution in [0.2, 0.25) is 0 Å². The van der Waals surface area contributed by atoms with E-state index in [1.165, 1.54) is 12.1 Å². The maximum atomic E-state index is 12.4. The van der Waals surface area contributed by atoms with Crippen LogP contribution in [-0.2, 0) is 0 Å². The van der Waals surface area contributed by atoms with Crippen molar-refractivity contribution in [3.8, 4) is 0 Å². The lowest BCUT2D eigenvalue weighted by atomic mass is 9.96. The van der Waals surface area contributed by atoms with E-state index in [0.29, 0.717) is 29.0 Å². The Morgan fingerprint density at radius 1 is 1.25 bits per heavy atom. The molecule has 0 bridgehead atoms. The largest absolute Gasteiger partial charge is 0.478 e. The zero-order valence-corrected chi connectivity index (χ0v) is 12.6. The minimum atomic E-state index is -1.04. The van der Waals surface area contributed by atoms with Crippen LogP contribution in [0.5, 0.6) is 0 Å². The number of aromatic carboxylic acids is 1. The highest BCUT2D eigenvalue weighted by atomic mass is 79.9. The molecule has 0 aromatic heterocycles. The van der Waals surface area contributed by atoms with Gasteiger partial charge in [0.1, 0.15) is 0 Å². The molecule has 0 spiro atoms. The number of hydrogen-bond acceptors (Lipinski definition) is 2. The second kappa shape index (κ2) is 6.22. The second-order valence-corrected chi connectivity index (χ2v) is 5.81. The van der Waals surface area contributed by atoms with Crippen LogP contribution in [0.25, 0.3) is 0 Å². The molecule has 1 aromatic carbocycles. The third-order valence-electron chi connectivity index (χ3n) is 3.55. The Bertz CT molecular complexity index is 548. The van der Waals surface area contributed by atoms with Gasteiger partial charge in [0.2, 0.25) is 0 Å². The zero-order chi connectivity index (χ0) is 14.7. The highest BCUT2D eigenvalue weighted by Crippen LogP contribution is 2.22. The zero-order valence-electron chi connectivity index (χ0n) is 11.0. The molecule has 1 aliphatic rings. The van der Waals surface area contributed by atoms with Crippen molar-refractivity contribution in [2.45, 2.75) is 12.8 Å². The molecular weight excluding hydrogens is 322 g/mol. The van der Waals surface area contributed by atoms with Crippen LogP contribution in [0.4, 0.5) is 0 Å². The molecular formula is C15H16BrNO3. The van der Waals surface area contributed by atoms with E-state index in [4.69, 9.17) is 5.11 Å². The Morgan fingerprint density at radius 3 is 2.40 bits per heavy atom. The van der Waals surface area contributed by atoms with Gasteiger partial charge in [0, 0.05) is 23.1 Å². The Hall–Kier alpha value is -1.62. The predicted octanol–water partition coefficient (Wildman–Crippen LogP) is 3.19. The van der Waals surface area contributed by atoms with Gasteiger partial charge in [-0.3, -0.25) is 4.79 Å². The normalized spacial score (nSPS) is 15.9. The number of likely N-dealkylation sites (tertiary alicyclic amines) is 1. The number of carbonyl (C=O) groups is 2. The van der Waals surface area contributed by atoms with Gasteiger partial charge < -0.3 is 10.0 Å².